The Morgan fingerprint density at radius 3 is 2.55 bits per heavy atom. The van der Waals surface area contributed by atoms with Crippen molar-refractivity contribution in [2.75, 3.05) is 13.7 Å². The fraction of sp³-hybridized carbons (Fsp3) is 0.286. The zero-order valence-electron chi connectivity index (χ0n) is 16.4. The fourth-order valence-corrected chi connectivity index (χ4v) is 3.50. The molecule has 152 valence electrons. The molecule has 1 atom stereocenters. The quantitative estimate of drug-likeness (QED) is 0.422. The van der Waals surface area contributed by atoms with Crippen molar-refractivity contribution in [1.29, 1.82) is 0 Å². The average Bonchev–Trinajstić information content (AvgIpc) is 2.97. The van der Waals surface area contributed by atoms with Gasteiger partial charge in [-0.05, 0) is 43.2 Å². The number of hydrogen-bond acceptors (Lipinski definition) is 6. The molecule has 0 radical (unpaired) electrons. The Balaban J connectivity index is 2.09. The van der Waals surface area contributed by atoms with Gasteiger partial charge in [0.25, 0.3) is 11.8 Å². The number of ether oxygens (including phenoxy) is 2. The van der Waals surface area contributed by atoms with Crippen LogP contribution in [0.1, 0.15) is 51.2 Å². The lowest BCUT2D eigenvalue weighted by molar-refractivity contribution is -0.130. The van der Waals surface area contributed by atoms with Gasteiger partial charge in [0.2, 0.25) is 5.91 Å². The molecule has 2 aromatic carbocycles. The van der Waals surface area contributed by atoms with E-state index in [0.717, 1.165) is 4.90 Å². The van der Waals surface area contributed by atoms with Gasteiger partial charge >= 0.3 is 0 Å². The zero-order chi connectivity index (χ0) is 21.1. The molecule has 0 aliphatic carbocycles. The minimum Gasteiger partial charge on any atom is -0.493 e. The van der Waals surface area contributed by atoms with Crippen molar-refractivity contribution in [3.63, 3.8) is 0 Å². The zero-order valence-corrected chi connectivity index (χ0v) is 16.4. The Morgan fingerprint density at radius 2 is 1.93 bits per heavy atom. The summed E-state index contributed by atoms with van der Waals surface area (Å²) in [4.78, 5) is 39.2. The predicted octanol–water partition coefficient (Wildman–Crippen LogP) is 2.64. The second kappa shape index (κ2) is 8.32. The van der Waals surface area contributed by atoms with Crippen molar-refractivity contribution in [3.8, 4) is 11.5 Å². The number of carbonyl (C=O) groups excluding carboxylic acids is 3. The van der Waals surface area contributed by atoms with Gasteiger partial charge in [-0.2, -0.15) is 0 Å². The van der Waals surface area contributed by atoms with Gasteiger partial charge in [-0.3, -0.25) is 24.5 Å². The van der Waals surface area contributed by atoms with Gasteiger partial charge in [-0.1, -0.05) is 18.2 Å². The molecular formula is C21H22N2O6. The molecule has 0 bridgehead atoms. The Labute approximate surface area is 168 Å². The predicted molar refractivity (Wildman–Crippen MR) is 103 cm³/mol. The molecule has 1 unspecified atom stereocenters. The van der Waals surface area contributed by atoms with Crippen molar-refractivity contribution in [1.82, 2.24) is 10.4 Å². The highest BCUT2D eigenvalue weighted by atomic mass is 16.5. The molecule has 8 heteroatoms. The van der Waals surface area contributed by atoms with E-state index >= 15 is 0 Å². The Kier molecular flexibility index (Phi) is 5.84. The highest BCUT2D eigenvalue weighted by molar-refractivity contribution is 6.22. The van der Waals surface area contributed by atoms with Gasteiger partial charge in [-0.25, -0.2) is 5.48 Å². The van der Waals surface area contributed by atoms with Crippen LogP contribution in [0.4, 0.5) is 0 Å². The number of imide groups is 1. The minimum absolute atomic E-state index is 0.294. The molecule has 1 aliphatic heterocycles. The number of methoxy groups -OCH3 is 1. The maximum Gasteiger partial charge on any atom is 0.262 e. The standard InChI is InChI=1S/C21H22N2O6/c1-4-29-17-10-13(8-9-16(17)28-3)15(11-18(24)22-27)23-20(25)14-7-5-6-12(2)19(14)21(23)26/h5-10,15,27H,4,11H2,1-3H3,(H,22,24). The Hall–Kier alpha value is -3.39. The maximum absolute atomic E-state index is 13.1. The van der Waals surface area contributed by atoms with Crippen molar-refractivity contribution in [2.24, 2.45) is 0 Å². The minimum atomic E-state index is -0.931. The SMILES string of the molecule is CCOc1cc(C(CC(=O)NO)N2C(=O)c3cccc(C)c3C2=O)ccc1OC. The van der Waals surface area contributed by atoms with Crippen LogP contribution in [0.5, 0.6) is 11.5 Å². The highest BCUT2D eigenvalue weighted by Crippen LogP contribution is 2.38. The van der Waals surface area contributed by atoms with Gasteiger partial charge in [-0.15, -0.1) is 0 Å². The first kappa shape index (κ1) is 20.3. The lowest BCUT2D eigenvalue weighted by atomic mass is 10.0. The molecule has 2 aromatic rings. The summed E-state index contributed by atoms with van der Waals surface area (Å²) >= 11 is 0. The van der Waals surface area contributed by atoms with E-state index in [1.807, 2.05) is 6.92 Å². The molecule has 0 aromatic heterocycles. The van der Waals surface area contributed by atoms with Crippen LogP contribution in [0.25, 0.3) is 0 Å². The lowest BCUT2D eigenvalue weighted by Gasteiger charge is -2.26. The summed E-state index contributed by atoms with van der Waals surface area (Å²) < 4.78 is 10.9. The summed E-state index contributed by atoms with van der Waals surface area (Å²) in [6.07, 6.45) is -0.307. The van der Waals surface area contributed by atoms with E-state index in [9.17, 15) is 14.4 Å². The molecular weight excluding hydrogens is 376 g/mol. The van der Waals surface area contributed by atoms with Crippen LogP contribution in [0.3, 0.4) is 0 Å². The first-order valence-electron chi connectivity index (χ1n) is 9.14. The third-order valence-corrected chi connectivity index (χ3v) is 4.84. The fourth-order valence-electron chi connectivity index (χ4n) is 3.50. The third kappa shape index (κ3) is 3.66. The second-order valence-electron chi connectivity index (χ2n) is 6.58. The molecule has 29 heavy (non-hydrogen) atoms. The van der Waals surface area contributed by atoms with Crippen LogP contribution in [0, 0.1) is 6.92 Å². The van der Waals surface area contributed by atoms with Crippen LogP contribution >= 0.6 is 0 Å². The van der Waals surface area contributed by atoms with E-state index in [4.69, 9.17) is 14.7 Å². The molecule has 1 aliphatic rings. The summed E-state index contributed by atoms with van der Waals surface area (Å²) in [5, 5.41) is 9.01. The van der Waals surface area contributed by atoms with Crippen LogP contribution in [-0.2, 0) is 4.79 Å². The number of aryl methyl sites for hydroxylation is 1. The number of hydrogen-bond donors (Lipinski definition) is 2. The summed E-state index contributed by atoms with van der Waals surface area (Å²) in [5.74, 6) is -0.781. The van der Waals surface area contributed by atoms with E-state index < -0.39 is 23.8 Å². The molecule has 3 amide bonds. The monoisotopic (exact) mass is 398 g/mol. The van der Waals surface area contributed by atoms with Crippen molar-refractivity contribution < 1.29 is 29.1 Å². The van der Waals surface area contributed by atoms with E-state index in [0.29, 0.717) is 40.4 Å². The summed E-state index contributed by atoms with van der Waals surface area (Å²) in [6.45, 7) is 3.95. The summed E-state index contributed by atoms with van der Waals surface area (Å²) in [6, 6.07) is 9.06. The number of amides is 3. The number of nitrogens with zero attached hydrogens (tertiary/aromatic N) is 1. The first-order chi connectivity index (χ1) is 13.9. The molecule has 0 spiro atoms. The van der Waals surface area contributed by atoms with Gasteiger partial charge in [0.15, 0.2) is 11.5 Å². The number of fused-ring (bicyclic) bond motifs is 1. The first-order valence-corrected chi connectivity index (χ1v) is 9.14. The maximum atomic E-state index is 13.1. The van der Waals surface area contributed by atoms with Crippen molar-refractivity contribution in [2.45, 2.75) is 26.3 Å². The number of hydroxylamine groups is 1. The third-order valence-electron chi connectivity index (χ3n) is 4.84. The molecule has 2 N–H and O–H groups in total. The van der Waals surface area contributed by atoms with Gasteiger partial charge in [0.05, 0.1) is 37.3 Å². The topological polar surface area (TPSA) is 105 Å². The van der Waals surface area contributed by atoms with Crippen LogP contribution in [0.2, 0.25) is 0 Å². The molecule has 3 rings (SSSR count). The average molecular weight is 398 g/mol. The second-order valence-corrected chi connectivity index (χ2v) is 6.58. The van der Waals surface area contributed by atoms with Crippen molar-refractivity contribution >= 4 is 17.7 Å². The molecule has 0 saturated carbocycles. The van der Waals surface area contributed by atoms with Gasteiger partial charge in [0.1, 0.15) is 0 Å². The van der Waals surface area contributed by atoms with E-state index in [-0.39, 0.29) is 6.42 Å². The van der Waals surface area contributed by atoms with E-state index in [1.165, 1.54) is 7.11 Å². The number of nitrogens with one attached hydrogen (secondary N) is 1. The number of rotatable bonds is 7. The normalized spacial score (nSPS) is 13.9. The van der Waals surface area contributed by atoms with Gasteiger partial charge < -0.3 is 9.47 Å². The molecule has 0 saturated heterocycles. The van der Waals surface area contributed by atoms with Crippen LogP contribution < -0.4 is 15.0 Å². The molecule has 8 nitrogen and oxygen atoms in total. The number of benzene rings is 2. The smallest absolute Gasteiger partial charge is 0.262 e. The Morgan fingerprint density at radius 1 is 1.17 bits per heavy atom. The van der Waals surface area contributed by atoms with E-state index in [2.05, 4.69) is 0 Å². The highest BCUT2D eigenvalue weighted by Gasteiger charge is 2.42. The summed E-state index contributed by atoms with van der Waals surface area (Å²) in [5.41, 5.74) is 3.37. The van der Waals surface area contributed by atoms with E-state index in [1.54, 1.807) is 48.8 Å². The van der Waals surface area contributed by atoms with Gasteiger partial charge in [0, 0.05) is 0 Å². The molecule has 0 fully saturated rings. The number of carbonyl (C=O) groups is 3. The van der Waals surface area contributed by atoms with Crippen molar-refractivity contribution in [3.05, 3.63) is 58.7 Å². The molecule has 1 heterocycles. The Bertz CT molecular complexity index is 972. The summed E-state index contributed by atoms with van der Waals surface area (Å²) in [7, 11) is 1.50. The largest absolute Gasteiger partial charge is 0.493 e. The van der Waals surface area contributed by atoms with Crippen LogP contribution in [-0.4, -0.2) is 41.5 Å². The van der Waals surface area contributed by atoms with Crippen LogP contribution in [0.15, 0.2) is 36.4 Å². The lowest BCUT2D eigenvalue weighted by Crippen LogP contribution is -2.37.